The van der Waals surface area contributed by atoms with Gasteiger partial charge in [-0.15, -0.1) is 0 Å². The molecule has 1 aliphatic heterocycles. The van der Waals surface area contributed by atoms with Gasteiger partial charge in [0.1, 0.15) is 5.75 Å². The topological polar surface area (TPSA) is 64.8 Å². The normalized spacial score (nSPS) is 16.2. The van der Waals surface area contributed by atoms with Gasteiger partial charge < -0.3 is 20.1 Å². The fourth-order valence-electron chi connectivity index (χ4n) is 2.56. The molecule has 0 unspecified atom stereocenters. The minimum atomic E-state index is -0.0164. The van der Waals surface area contributed by atoms with Crippen LogP contribution in [0.4, 0.5) is 5.69 Å². The van der Waals surface area contributed by atoms with Crippen LogP contribution in [-0.2, 0) is 4.74 Å². The van der Waals surface area contributed by atoms with Crippen LogP contribution < -0.4 is 10.5 Å². The molecular weight excluding hydrogens is 256 g/mol. The molecule has 20 heavy (non-hydrogen) atoms. The van der Waals surface area contributed by atoms with E-state index in [1.54, 1.807) is 32.4 Å². The number of benzene rings is 1. The van der Waals surface area contributed by atoms with Crippen LogP contribution in [-0.4, -0.2) is 44.7 Å². The van der Waals surface area contributed by atoms with Crippen molar-refractivity contribution in [2.75, 3.05) is 39.6 Å². The SMILES string of the molecule is COCC1CCN(C(=O)c2cc(OC)ccc2N)CC1. The molecule has 1 fully saturated rings. The molecule has 2 N–H and O–H groups in total. The van der Waals surface area contributed by atoms with Crippen LogP contribution in [0, 0.1) is 5.92 Å². The summed E-state index contributed by atoms with van der Waals surface area (Å²) in [4.78, 5) is 14.4. The zero-order chi connectivity index (χ0) is 14.5. The first-order valence-electron chi connectivity index (χ1n) is 6.87. The largest absolute Gasteiger partial charge is 0.497 e. The first-order chi connectivity index (χ1) is 9.65. The Labute approximate surface area is 119 Å². The number of ether oxygens (including phenoxy) is 2. The maximum Gasteiger partial charge on any atom is 0.256 e. The minimum absolute atomic E-state index is 0.0164. The van der Waals surface area contributed by atoms with Crippen LogP contribution in [0.1, 0.15) is 23.2 Å². The van der Waals surface area contributed by atoms with E-state index in [1.165, 1.54) is 0 Å². The summed E-state index contributed by atoms with van der Waals surface area (Å²) in [6.07, 6.45) is 1.95. The Morgan fingerprint density at radius 1 is 1.35 bits per heavy atom. The van der Waals surface area contributed by atoms with Gasteiger partial charge in [-0.2, -0.15) is 0 Å². The van der Waals surface area contributed by atoms with Gasteiger partial charge in [-0.3, -0.25) is 4.79 Å². The summed E-state index contributed by atoms with van der Waals surface area (Å²) in [6.45, 7) is 2.27. The van der Waals surface area contributed by atoms with Gasteiger partial charge in [0.2, 0.25) is 0 Å². The Hall–Kier alpha value is -1.75. The van der Waals surface area contributed by atoms with Crippen molar-refractivity contribution in [3.05, 3.63) is 23.8 Å². The second kappa shape index (κ2) is 6.61. The van der Waals surface area contributed by atoms with Crippen LogP contribution in [0.5, 0.6) is 5.75 Å². The van der Waals surface area contributed by atoms with Gasteiger partial charge in [-0.1, -0.05) is 0 Å². The molecule has 1 saturated heterocycles. The van der Waals surface area contributed by atoms with Crippen molar-refractivity contribution in [2.24, 2.45) is 5.92 Å². The van der Waals surface area contributed by atoms with E-state index < -0.39 is 0 Å². The monoisotopic (exact) mass is 278 g/mol. The van der Waals surface area contributed by atoms with Crippen molar-refractivity contribution < 1.29 is 14.3 Å². The molecule has 1 heterocycles. The highest BCUT2D eigenvalue weighted by atomic mass is 16.5. The van der Waals surface area contributed by atoms with Crippen molar-refractivity contribution >= 4 is 11.6 Å². The van der Waals surface area contributed by atoms with Crippen LogP contribution in [0.15, 0.2) is 18.2 Å². The lowest BCUT2D eigenvalue weighted by Gasteiger charge is -2.32. The number of nitrogens with two attached hydrogens (primary N) is 1. The number of rotatable bonds is 4. The highest BCUT2D eigenvalue weighted by molar-refractivity contribution is 5.99. The van der Waals surface area contributed by atoms with Crippen LogP contribution in [0.3, 0.4) is 0 Å². The zero-order valence-electron chi connectivity index (χ0n) is 12.1. The molecule has 1 aliphatic rings. The number of nitrogen functional groups attached to an aromatic ring is 1. The third-order valence-corrected chi connectivity index (χ3v) is 3.79. The fraction of sp³-hybridized carbons (Fsp3) is 0.533. The van der Waals surface area contributed by atoms with Gasteiger partial charge >= 0.3 is 0 Å². The van der Waals surface area contributed by atoms with E-state index in [2.05, 4.69) is 0 Å². The standard InChI is InChI=1S/C15H22N2O3/c1-19-10-11-5-7-17(8-6-11)15(18)13-9-12(20-2)3-4-14(13)16/h3-4,9,11H,5-8,10,16H2,1-2H3. The van der Waals surface area contributed by atoms with Gasteiger partial charge in [-0.05, 0) is 37.0 Å². The summed E-state index contributed by atoms with van der Waals surface area (Å²) < 4.78 is 10.3. The van der Waals surface area contributed by atoms with E-state index in [4.69, 9.17) is 15.2 Å². The number of amides is 1. The summed E-state index contributed by atoms with van der Waals surface area (Å²) in [7, 11) is 3.30. The van der Waals surface area contributed by atoms with E-state index in [-0.39, 0.29) is 5.91 Å². The smallest absolute Gasteiger partial charge is 0.256 e. The number of hydrogen-bond donors (Lipinski definition) is 1. The third kappa shape index (κ3) is 3.22. The van der Waals surface area contributed by atoms with E-state index in [1.807, 2.05) is 4.90 Å². The fourth-order valence-corrected chi connectivity index (χ4v) is 2.56. The van der Waals surface area contributed by atoms with Crippen LogP contribution in [0.25, 0.3) is 0 Å². The number of anilines is 1. The quantitative estimate of drug-likeness (QED) is 0.853. The van der Waals surface area contributed by atoms with Gasteiger partial charge in [0.05, 0.1) is 12.7 Å². The van der Waals surface area contributed by atoms with Crippen molar-refractivity contribution in [3.63, 3.8) is 0 Å². The number of likely N-dealkylation sites (tertiary alicyclic amines) is 1. The van der Waals surface area contributed by atoms with Crippen molar-refractivity contribution in [2.45, 2.75) is 12.8 Å². The summed E-state index contributed by atoms with van der Waals surface area (Å²) >= 11 is 0. The summed E-state index contributed by atoms with van der Waals surface area (Å²) in [5.41, 5.74) is 6.92. The Kier molecular flexibility index (Phi) is 4.84. The molecule has 0 radical (unpaired) electrons. The second-order valence-corrected chi connectivity index (χ2v) is 5.14. The van der Waals surface area contributed by atoms with E-state index in [9.17, 15) is 4.79 Å². The predicted octanol–water partition coefficient (Wildman–Crippen LogP) is 1.78. The maximum absolute atomic E-state index is 12.5. The molecule has 0 saturated carbocycles. The third-order valence-electron chi connectivity index (χ3n) is 3.79. The number of hydrogen-bond acceptors (Lipinski definition) is 4. The highest BCUT2D eigenvalue weighted by Crippen LogP contribution is 2.24. The molecule has 5 nitrogen and oxygen atoms in total. The van der Waals surface area contributed by atoms with Crippen LogP contribution >= 0.6 is 0 Å². The molecule has 0 aliphatic carbocycles. The second-order valence-electron chi connectivity index (χ2n) is 5.14. The Balaban J connectivity index is 2.05. The van der Waals surface area contributed by atoms with Crippen LogP contribution in [0.2, 0.25) is 0 Å². The number of nitrogens with zero attached hydrogens (tertiary/aromatic N) is 1. The highest BCUT2D eigenvalue weighted by Gasteiger charge is 2.24. The molecule has 0 bridgehead atoms. The summed E-state index contributed by atoms with van der Waals surface area (Å²) in [5.74, 6) is 1.18. The first-order valence-corrected chi connectivity index (χ1v) is 6.87. The molecule has 2 rings (SSSR count). The van der Waals surface area contributed by atoms with E-state index in [0.717, 1.165) is 32.5 Å². The average Bonchev–Trinajstić information content (AvgIpc) is 2.48. The molecule has 1 aromatic carbocycles. The van der Waals surface area contributed by atoms with E-state index in [0.29, 0.717) is 22.9 Å². The minimum Gasteiger partial charge on any atom is -0.497 e. The van der Waals surface area contributed by atoms with E-state index >= 15 is 0 Å². The Morgan fingerprint density at radius 2 is 2.05 bits per heavy atom. The molecule has 0 aromatic heterocycles. The molecule has 1 amide bonds. The zero-order valence-corrected chi connectivity index (χ0v) is 12.1. The molecule has 1 aromatic rings. The lowest BCUT2D eigenvalue weighted by molar-refractivity contribution is 0.0614. The first kappa shape index (κ1) is 14.7. The van der Waals surface area contributed by atoms with Crippen molar-refractivity contribution in [1.82, 2.24) is 4.90 Å². The molecule has 110 valence electrons. The number of piperidine rings is 1. The Morgan fingerprint density at radius 3 is 2.65 bits per heavy atom. The lowest BCUT2D eigenvalue weighted by atomic mass is 9.97. The van der Waals surface area contributed by atoms with Gasteiger partial charge in [-0.25, -0.2) is 0 Å². The van der Waals surface area contributed by atoms with Crippen molar-refractivity contribution in [3.8, 4) is 5.75 Å². The molecule has 5 heteroatoms. The predicted molar refractivity (Wildman–Crippen MR) is 77.9 cm³/mol. The maximum atomic E-state index is 12.5. The molecular formula is C15H22N2O3. The average molecular weight is 278 g/mol. The van der Waals surface area contributed by atoms with Crippen molar-refractivity contribution in [1.29, 1.82) is 0 Å². The van der Waals surface area contributed by atoms with Gasteiger partial charge in [0, 0.05) is 32.5 Å². The summed E-state index contributed by atoms with van der Waals surface area (Å²) in [5, 5.41) is 0. The molecule has 0 spiro atoms. The molecule has 0 atom stereocenters. The lowest BCUT2D eigenvalue weighted by Crippen LogP contribution is -2.39. The van der Waals surface area contributed by atoms with Gasteiger partial charge in [0.25, 0.3) is 5.91 Å². The number of methoxy groups -OCH3 is 2. The van der Waals surface area contributed by atoms with Gasteiger partial charge in [0.15, 0.2) is 0 Å². The number of carbonyl (C=O) groups is 1. The number of carbonyl (C=O) groups excluding carboxylic acids is 1. The summed E-state index contributed by atoms with van der Waals surface area (Å²) in [6, 6.07) is 5.18. The Bertz CT molecular complexity index is 468.